The van der Waals surface area contributed by atoms with Crippen molar-refractivity contribution in [2.24, 2.45) is 4.99 Å². The number of carbonyl (C=O) groups excluding carboxylic acids is 1. The van der Waals surface area contributed by atoms with Gasteiger partial charge in [-0.3, -0.25) is 4.99 Å². The number of guanidine groups is 1. The maximum Gasteiger partial charge on any atom is 0.410 e. The van der Waals surface area contributed by atoms with Gasteiger partial charge in [-0.25, -0.2) is 4.79 Å². The van der Waals surface area contributed by atoms with Crippen LogP contribution in [0.1, 0.15) is 26.3 Å². The lowest BCUT2D eigenvalue weighted by molar-refractivity contribution is 0.00701. The van der Waals surface area contributed by atoms with Gasteiger partial charge in [0.2, 0.25) is 0 Å². The zero-order valence-corrected chi connectivity index (χ0v) is 17.0. The van der Waals surface area contributed by atoms with Gasteiger partial charge in [0.25, 0.3) is 0 Å². The number of rotatable bonds is 5. The topological polar surface area (TPSA) is 84.4 Å². The Bertz CT molecular complexity index is 679. The van der Waals surface area contributed by atoms with E-state index in [2.05, 4.69) is 15.6 Å². The molecule has 1 aromatic carbocycles. The van der Waals surface area contributed by atoms with Crippen molar-refractivity contribution in [3.8, 4) is 11.5 Å². The van der Waals surface area contributed by atoms with Gasteiger partial charge >= 0.3 is 6.09 Å². The first-order valence-corrected chi connectivity index (χ1v) is 8.91. The van der Waals surface area contributed by atoms with Crippen LogP contribution in [0.3, 0.4) is 0 Å². The first kappa shape index (κ1) is 20.7. The van der Waals surface area contributed by atoms with E-state index in [9.17, 15) is 4.79 Å². The van der Waals surface area contributed by atoms with Gasteiger partial charge in [-0.1, -0.05) is 6.07 Å². The third-order valence-electron chi connectivity index (χ3n) is 4.01. The lowest BCUT2D eigenvalue weighted by Gasteiger charge is -2.40. The van der Waals surface area contributed by atoms with Gasteiger partial charge in [0.15, 0.2) is 17.5 Å². The Labute approximate surface area is 160 Å². The van der Waals surface area contributed by atoms with E-state index in [0.29, 0.717) is 37.1 Å². The number of methoxy groups -OCH3 is 2. The molecule has 0 aromatic heterocycles. The number of amides is 1. The second-order valence-electron chi connectivity index (χ2n) is 7.34. The van der Waals surface area contributed by atoms with Crippen LogP contribution in [-0.4, -0.2) is 63.0 Å². The zero-order valence-electron chi connectivity index (χ0n) is 17.0. The SMILES string of the molecule is CN=C(NCc1ccc(OC)c(OC)c1)NC1CN(C(=O)OC(C)(C)C)C1. The second-order valence-corrected chi connectivity index (χ2v) is 7.34. The lowest BCUT2D eigenvalue weighted by atomic mass is 10.1. The molecule has 0 aliphatic carbocycles. The van der Waals surface area contributed by atoms with Crippen molar-refractivity contribution in [3.05, 3.63) is 23.8 Å². The van der Waals surface area contributed by atoms with Crippen molar-refractivity contribution >= 4 is 12.1 Å². The Kier molecular flexibility index (Phi) is 6.76. The van der Waals surface area contributed by atoms with Crippen LogP contribution in [0.25, 0.3) is 0 Å². The first-order valence-electron chi connectivity index (χ1n) is 8.91. The lowest BCUT2D eigenvalue weighted by Crippen LogP contribution is -2.63. The van der Waals surface area contributed by atoms with Crippen LogP contribution in [-0.2, 0) is 11.3 Å². The predicted octanol–water partition coefficient (Wildman–Crippen LogP) is 1.99. The third kappa shape index (κ3) is 5.94. The van der Waals surface area contributed by atoms with Crippen LogP contribution in [0.4, 0.5) is 4.79 Å². The van der Waals surface area contributed by atoms with E-state index in [1.54, 1.807) is 26.2 Å². The van der Waals surface area contributed by atoms with Gasteiger partial charge in [-0.15, -0.1) is 0 Å². The maximum absolute atomic E-state index is 12.0. The summed E-state index contributed by atoms with van der Waals surface area (Å²) in [6.07, 6.45) is -0.283. The molecule has 0 saturated carbocycles. The van der Waals surface area contributed by atoms with Gasteiger partial charge in [-0.2, -0.15) is 0 Å². The van der Waals surface area contributed by atoms with E-state index >= 15 is 0 Å². The van der Waals surface area contributed by atoms with E-state index in [-0.39, 0.29) is 12.1 Å². The largest absolute Gasteiger partial charge is 0.493 e. The minimum atomic E-state index is -0.480. The summed E-state index contributed by atoms with van der Waals surface area (Å²) in [5.74, 6) is 2.06. The van der Waals surface area contributed by atoms with E-state index < -0.39 is 5.60 Å². The molecule has 1 amide bonds. The molecule has 0 spiro atoms. The van der Waals surface area contributed by atoms with Crippen LogP contribution in [0.2, 0.25) is 0 Å². The molecule has 2 N–H and O–H groups in total. The summed E-state index contributed by atoms with van der Waals surface area (Å²) in [6.45, 7) is 7.35. The van der Waals surface area contributed by atoms with Crippen molar-refractivity contribution in [2.45, 2.75) is 39.0 Å². The second kappa shape index (κ2) is 8.83. The molecule has 0 atom stereocenters. The molecule has 8 heteroatoms. The summed E-state index contributed by atoms with van der Waals surface area (Å²) >= 11 is 0. The fraction of sp³-hybridized carbons (Fsp3) is 0.579. The Balaban J connectivity index is 1.80. The number of carbonyl (C=O) groups is 1. The normalized spacial score (nSPS) is 15.0. The smallest absolute Gasteiger partial charge is 0.410 e. The van der Waals surface area contributed by atoms with Gasteiger partial charge < -0.3 is 29.7 Å². The highest BCUT2D eigenvalue weighted by Crippen LogP contribution is 2.27. The summed E-state index contributed by atoms with van der Waals surface area (Å²) < 4.78 is 15.9. The van der Waals surface area contributed by atoms with E-state index in [0.717, 1.165) is 5.56 Å². The van der Waals surface area contributed by atoms with Crippen LogP contribution < -0.4 is 20.1 Å². The minimum absolute atomic E-state index is 0.147. The molecular weight excluding hydrogens is 348 g/mol. The maximum atomic E-state index is 12.0. The van der Waals surface area contributed by atoms with Crippen molar-refractivity contribution in [2.75, 3.05) is 34.4 Å². The Morgan fingerprint density at radius 1 is 1.22 bits per heavy atom. The molecule has 8 nitrogen and oxygen atoms in total. The summed E-state index contributed by atoms with van der Waals surface area (Å²) in [4.78, 5) is 17.9. The summed E-state index contributed by atoms with van der Waals surface area (Å²) in [6, 6.07) is 5.91. The Morgan fingerprint density at radius 2 is 1.89 bits per heavy atom. The summed E-state index contributed by atoms with van der Waals surface area (Å²) in [5.41, 5.74) is 0.562. The molecule has 1 aliphatic heterocycles. The molecule has 27 heavy (non-hydrogen) atoms. The zero-order chi connectivity index (χ0) is 20.0. The molecule has 2 rings (SSSR count). The van der Waals surface area contributed by atoms with E-state index in [1.165, 1.54) is 0 Å². The molecule has 0 bridgehead atoms. The monoisotopic (exact) mass is 378 g/mol. The average Bonchev–Trinajstić information content (AvgIpc) is 2.58. The van der Waals surface area contributed by atoms with Crippen LogP contribution in [0.15, 0.2) is 23.2 Å². The molecule has 1 saturated heterocycles. The molecule has 0 radical (unpaired) electrons. The van der Waals surface area contributed by atoms with E-state index in [1.807, 2.05) is 39.0 Å². The molecule has 1 aromatic rings. The highest BCUT2D eigenvalue weighted by atomic mass is 16.6. The van der Waals surface area contributed by atoms with Crippen molar-refractivity contribution < 1.29 is 19.0 Å². The van der Waals surface area contributed by atoms with Crippen molar-refractivity contribution in [1.29, 1.82) is 0 Å². The van der Waals surface area contributed by atoms with Crippen LogP contribution in [0, 0.1) is 0 Å². The average molecular weight is 378 g/mol. The quantitative estimate of drug-likeness (QED) is 0.602. The molecular formula is C19H30N4O4. The van der Waals surface area contributed by atoms with Gasteiger partial charge in [-0.05, 0) is 38.5 Å². The number of likely N-dealkylation sites (tertiary alicyclic amines) is 1. The van der Waals surface area contributed by atoms with Crippen molar-refractivity contribution in [3.63, 3.8) is 0 Å². The number of nitrogens with one attached hydrogen (secondary N) is 2. The van der Waals surface area contributed by atoms with Gasteiger partial charge in [0, 0.05) is 26.7 Å². The Morgan fingerprint density at radius 3 is 2.44 bits per heavy atom. The highest BCUT2D eigenvalue weighted by Gasteiger charge is 2.34. The summed E-state index contributed by atoms with van der Waals surface area (Å²) in [5, 5.41) is 6.57. The first-order chi connectivity index (χ1) is 12.8. The number of ether oxygens (including phenoxy) is 3. The fourth-order valence-electron chi connectivity index (χ4n) is 2.61. The van der Waals surface area contributed by atoms with Crippen molar-refractivity contribution in [1.82, 2.24) is 15.5 Å². The molecule has 150 valence electrons. The Hall–Kier alpha value is -2.64. The van der Waals surface area contributed by atoms with Crippen LogP contribution >= 0.6 is 0 Å². The fourth-order valence-corrected chi connectivity index (χ4v) is 2.61. The predicted molar refractivity (Wildman–Crippen MR) is 104 cm³/mol. The molecule has 1 aliphatic rings. The highest BCUT2D eigenvalue weighted by molar-refractivity contribution is 5.80. The number of nitrogens with zero attached hydrogens (tertiary/aromatic N) is 2. The number of benzene rings is 1. The molecule has 0 unspecified atom stereocenters. The third-order valence-corrected chi connectivity index (χ3v) is 4.01. The van der Waals surface area contributed by atoms with Gasteiger partial charge in [0.05, 0.1) is 20.3 Å². The van der Waals surface area contributed by atoms with Gasteiger partial charge in [0.1, 0.15) is 5.60 Å². The summed E-state index contributed by atoms with van der Waals surface area (Å²) in [7, 11) is 4.94. The molecule has 1 heterocycles. The number of hydrogen-bond donors (Lipinski definition) is 2. The van der Waals surface area contributed by atoms with E-state index in [4.69, 9.17) is 14.2 Å². The molecule has 1 fully saturated rings. The number of hydrogen-bond acceptors (Lipinski definition) is 5. The standard InChI is InChI=1S/C19H30N4O4/c1-19(2,3)27-18(24)23-11-14(12-23)22-17(20-4)21-10-13-7-8-15(25-5)16(9-13)26-6/h7-9,14H,10-12H2,1-6H3,(H2,20,21,22). The minimum Gasteiger partial charge on any atom is -0.493 e. The van der Waals surface area contributed by atoms with Crippen LogP contribution in [0.5, 0.6) is 11.5 Å². The number of aliphatic imine (C=N–C) groups is 1.